The molecular weight excluding hydrogens is 240 g/mol. The van der Waals surface area contributed by atoms with E-state index < -0.39 is 0 Å². The van der Waals surface area contributed by atoms with Gasteiger partial charge in [-0.3, -0.25) is 0 Å². The molecular formula is C17H27Cl. The first-order valence-electron chi connectivity index (χ1n) is 7.50. The molecule has 0 atom stereocenters. The zero-order chi connectivity index (χ0) is 13.1. The van der Waals surface area contributed by atoms with Crippen LogP contribution in [0.2, 0.25) is 0 Å². The van der Waals surface area contributed by atoms with Crippen LogP contribution in [0.4, 0.5) is 0 Å². The molecule has 0 nitrogen and oxygen atoms in total. The summed E-state index contributed by atoms with van der Waals surface area (Å²) in [6, 6.07) is 9.10. The lowest BCUT2D eigenvalue weighted by molar-refractivity contribution is 0.607. The van der Waals surface area contributed by atoms with Crippen molar-refractivity contribution < 1.29 is 0 Å². The van der Waals surface area contributed by atoms with Gasteiger partial charge in [-0.15, -0.1) is 11.6 Å². The molecule has 0 saturated carbocycles. The van der Waals surface area contributed by atoms with E-state index in [2.05, 4.69) is 31.2 Å². The molecule has 0 N–H and O–H groups in total. The Kier molecular flexibility index (Phi) is 9.02. The Hall–Kier alpha value is -0.490. The van der Waals surface area contributed by atoms with Crippen LogP contribution in [0.15, 0.2) is 24.3 Å². The van der Waals surface area contributed by atoms with E-state index >= 15 is 0 Å². The van der Waals surface area contributed by atoms with Crippen molar-refractivity contribution in [2.24, 2.45) is 0 Å². The zero-order valence-corrected chi connectivity index (χ0v) is 12.5. The van der Waals surface area contributed by atoms with Gasteiger partial charge >= 0.3 is 0 Å². The van der Waals surface area contributed by atoms with Crippen LogP contribution in [-0.2, 0) is 12.8 Å². The Morgan fingerprint density at radius 3 is 1.78 bits per heavy atom. The average molecular weight is 267 g/mol. The number of rotatable bonds is 10. The van der Waals surface area contributed by atoms with Gasteiger partial charge in [-0.25, -0.2) is 0 Å². The molecule has 0 aliphatic rings. The topological polar surface area (TPSA) is 0 Å². The summed E-state index contributed by atoms with van der Waals surface area (Å²) in [6.07, 6.45) is 11.7. The Morgan fingerprint density at radius 2 is 1.22 bits per heavy atom. The van der Waals surface area contributed by atoms with Crippen molar-refractivity contribution in [1.29, 1.82) is 0 Å². The number of benzene rings is 1. The van der Waals surface area contributed by atoms with E-state index in [0.717, 1.165) is 18.7 Å². The van der Waals surface area contributed by atoms with Crippen LogP contribution in [-0.4, -0.2) is 5.88 Å². The molecule has 0 bridgehead atoms. The van der Waals surface area contributed by atoms with E-state index in [1.807, 2.05) is 0 Å². The van der Waals surface area contributed by atoms with Gasteiger partial charge in [0.05, 0.1) is 0 Å². The van der Waals surface area contributed by atoms with Gasteiger partial charge in [-0.05, 0) is 36.8 Å². The second kappa shape index (κ2) is 10.4. The number of halogens is 1. The van der Waals surface area contributed by atoms with Crippen LogP contribution >= 0.6 is 11.6 Å². The summed E-state index contributed by atoms with van der Waals surface area (Å²) in [4.78, 5) is 0. The molecule has 0 radical (unpaired) electrons. The molecule has 0 aliphatic carbocycles. The standard InChI is InChI=1S/C17H27Cl/c1-2-3-4-5-6-7-9-16-11-13-17(14-12-16)10-8-15-18/h11-14H,2-10,15H2,1H3. The van der Waals surface area contributed by atoms with Crippen LogP contribution in [0, 0.1) is 0 Å². The highest BCUT2D eigenvalue weighted by Gasteiger charge is 1.96. The smallest absolute Gasteiger partial charge is 0.0226 e. The summed E-state index contributed by atoms with van der Waals surface area (Å²) < 4.78 is 0. The van der Waals surface area contributed by atoms with Gasteiger partial charge < -0.3 is 0 Å². The van der Waals surface area contributed by atoms with E-state index in [9.17, 15) is 0 Å². The number of alkyl halides is 1. The summed E-state index contributed by atoms with van der Waals surface area (Å²) >= 11 is 5.70. The maximum Gasteiger partial charge on any atom is 0.0226 e. The average Bonchev–Trinajstić information content (AvgIpc) is 2.42. The van der Waals surface area contributed by atoms with Gasteiger partial charge in [0, 0.05) is 5.88 Å². The normalized spacial score (nSPS) is 10.8. The van der Waals surface area contributed by atoms with Gasteiger partial charge in [-0.2, -0.15) is 0 Å². The van der Waals surface area contributed by atoms with Crippen molar-refractivity contribution in [1.82, 2.24) is 0 Å². The van der Waals surface area contributed by atoms with Gasteiger partial charge in [0.25, 0.3) is 0 Å². The monoisotopic (exact) mass is 266 g/mol. The zero-order valence-electron chi connectivity index (χ0n) is 11.8. The Morgan fingerprint density at radius 1 is 0.722 bits per heavy atom. The summed E-state index contributed by atoms with van der Waals surface area (Å²) in [5, 5.41) is 0. The molecule has 0 unspecified atom stereocenters. The Labute approximate surface area is 118 Å². The number of aryl methyl sites for hydroxylation is 2. The largest absolute Gasteiger partial charge is 0.127 e. The lowest BCUT2D eigenvalue weighted by Gasteiger charge is -2.04. The summed E-state index contributed by atoms with van der Waals surface area (Å²) in [6.45, 7) is 2.27. The minimum Gasteiger partial charge on any atom is -0.127 e. The molecule has 1 aromatic carbocycles. The fourth-order valence-corrected chi connectivity index (χ4v) is 2.39. The maximum absolute atomic E-state index is 5.70. The van der Waals surface area contributed by atoms with Gasteiger partial charge in [-0.1, -0.05) is 63.3 Å². The molecule has 102 valence electrons. The van der Waals surface area contributed by atoms with Crippen LogP contribution in [0.3, 0.4) is 0 Å². The minimum atomic E-state index is 0.763. The first-order valence-corrected chi connectivity index (χ1v) is 8.04. The second-order valence-electron chi connectivity index (χ2n) is 5.13. The van der Waals surface area contributed by atoms with Gasteiger partial charge in [0.2, 0.25) is 0 Å². The van der Waals surface area contributed by atoms with Crippen LogP contribution in [0.25, 0.3) is 0 Å². The Balaban J connectivity index is 2.14. The summed E-state index contributed by atoms with van der Waals surface area (Å²) in [5.74, 6) is 0.763. The second-order valence-corrected chi connectivity index (χ2v) is 5.50. The number of hydrogen-bond donors (Lipinski definition) is 0. The van der Waals surface area contributed by atoms with Crippen LogP contribution < -0.4 is 0 Å². The Bertz CT molecular complexity index is 289. The predicted octanol–water partition coefficient (Wildman–Crippen LogP) is 5.76. The molecule has 1 rings (SSSR count). The molecule has 1 heteroatoms. The highest BCUT2D eigenvalue weighted by atomic mass is 35.5. The van der Waals surface area contributed by atoms with E-state index in [4.69, 9.17) is 11.6 Å². The number of hydrogen-bond acceptors (Lipinski definition) is 0. The molecule has 0 fully saturated rings. The number of unbranched alkanes of at least 4 members (excludes halogenated alkanes) is 5. The van der Waals surface area contributed by atoms with Crippen molar-refractivity contribution in [2.45, 2.75) is 64.7 Å². The highest BCUT2D eigenvalue weighted by Crippen LogP contribution is 2.12. The first kappa shape index (κ1) is 15.6. The molecule has 0 amide bonds. The third-order valence-electron chi connectivity index (χ3n) is 3.44. The van der Waals surface area contributed by atoms with Crippen LogP contribution in [0.1, 0.15) is 63.0 Å². The molecule has 0 saturated heterocycles. The van der Waals surface area contributed by atoms with Gasteiger partial charge in [0.15, 0.2) is 0 Å². The van der Waals surface area contributed by atoms with Crippen LogP contribution in [0.5, 0.6) is 0 Å². The maximum atomic E-state index is 5.70. The molecule has 18 heavy (non-hydrogen) atoms. The van der Waals surface area contributed by atoms with Crippen molar-refractivity contribution >= 4 is 11.6 Å². The fraction of sp³-hybridized carbons (Fsp3) is 0.647. The lowest BCUT2D eigenvalue weighted by Crippen LogP contribution is -1.89. The summed E-state index contributed by atoms with van der Waals surface area (Å²) in [5.41, 5.74) is 2.91. The molecule has 0 spiro atoms. The quantitative estimate of drug-likeness (QED) is 0.373. The third-order valence-corrected chi connectivity index (χ3v) is 3.71. The predicted molar refractivity (Wildman–Crippen MR) is 82.6 cm³/mol. The van der Waals surface area contributed by atoms with E-state index in [1.54, 1.807) is 0 Å². The third kappa shape index (κ3) is 7.06. The SMILES string of the molecule is CCCCCCCCc1ccc(CCCCl)cc1. The van der Waals surface area contributed by atoms with E-state index in [-0.39, 0.29) is 0 Å². The van der Waals surface area contributed by atoms with Crippen molar-refractivity contribution in [3.63, 3.8) is 0 Å². The lowest BCUT2D eigenvalue weighted by atomic mass is 10.0. The summed E-state index contributed by atoms with van der Waals surface area (Å²) in [7, 11) is 0. The van der Waals surface area contributed by atoms with Gasteiger partial charge in [0.1, 0.15) is 0 Å². The van der Waals surface area contributed by atoms with E-state index in [0.29, 0.717) is 0 Å². The van der Waals surface area contributed by atoms with E-state index in [1.165, 1.54) is 56.1 Å². The molecule has 0 aromatic heterocycles. The van der Waals surface area contributed by atoms with Crippen molar-refractivity contribution in [2.75, 3.05) is 5.88 Å². The highest BCUT2D eigenvalue weighted by molar-refractivity contribution is 6.17. The molecule has 0 aliphatic heterocycles. The van der Waals surface area contributed by atoms with Crippen molar-refractivity contribution in [3.05, 3.63) is 35.4 Å². The van der Waals surface area contributed by atoms with Crippen molar-refractivity contribution in [3.8, 4) is 0 Å². The fourth-order valence-electron chi connectivity index (χ4n) is 2.25. The first-order chi connectivity index (χ1) is 8.86. The molecule has 1 aromatic rings. The molecule has 0 heterocycles. The minimum absolute atomic E-state index is 0.763.